The minimum Gasteiger partial charge on any atom is -0.426 e. The van der Waals surface area contributed by atoms with Gasteiger partial charge in [0.2, 0.25) is 0 Å². The average molecular weight is 346 g/mol. The van der Waals surface area contributed by atoms with E-state index in [4.69, 9.17) is 9.47 Å². The third-order valence-electron chi connectivity index (χ3n) is 5.00. The molecular weight excluding hydrogens is 316 g/mol. The Morgan fingerprint density at radius 2 is 1.72 bits per heavy atom. The Bertz CT molecular complexity index is 515. The zero-order chi connectivity index (χ0) is 17.9. The zero-order valence-electron chi connectivity index (χ0n) is 15.2. The molecule has 1 aliphatic rings. The fourth-order valence-corrected chi connectivity index (χ4v) is 3.34. The van der Waals surface area contributed by atoms with Gasteiger partial charge < -0.3 is 14.3 Å². The number of rotatable bonds is 10. The molecule has 0 unspecified atom stereocenters. The third-order valence-corrected chi connectivity index (χ3v) is 5.00. The van der Waals surface area contributed by atoms with Gasteiger partial charge in [-0.05, 0) is 62.6 Å². The molecule has 1 aromatic carbocycles. The number of hydrogen-bond donors (Lipinski definition) is 0. The van der Waals surface area contributed by atoms with Crippen molar-refractivity contribution in [3.8, 4) is 5.75 Å². The molecule has 1 saturated carbocycles. The van der Waals surface area contributed by atoms with Crippen molar-refractivity contribution >= 4 is 12.3 Å². The lowest BCUT2D eigenvalue weighted by Crippen LogP contribution is -2.26. The quantitative estimate of drug-likeness (QED) is 0.274. The van der Waals surface area contributed by atoms with Gasteiger partial charge in [-0.25, -0.2) is 0 Å². The van der Waals surface area contributed by atoms with Crippen molar-refractivity contribution in [2.45, 2.75) is 57.8 Å². The van der Waals surface area contributed by atoms with Gasteiger partial charge in [0.25, 0.3) is 0 Å². The molecule has 0 amide bonds. The van der Waals surface area contributed by atoms with E-state index >= 15 is 0 Å². The predicted molar refractivity (Wildman–Crippen MR) is 97.6 cm³/mol. The second-order valence-electron chi connectivity index (χ2n) is 6.97. The van der Waals surface area contributed by atoms with Gasteiger partial charge >= 0.3 is 5.97 Å². The van der Waals surface area contributed by atoms with Gasteiger partial charge in [-0.1, -0.05) is 25.0 Å². The molecular formula is C21H30O4. The summed E-state index contributed by atoms with van der Waals surface area (Å²) in [4.78, 5) is 23.0. The molecule has 0 spiro atoms. The molecule has 0 saturated heterocycles. The third kappa shape index (κ3) is 6.99. The van der Waals surface area contributed by atoms with Crippen LogP contribution in [0.3, 0.4) is 0 Å². The first-order chi connectivity index (χ1) is 12.2. The van der Waals surface area contributed by atoms with E-state index < -0.39 is 0 Å². The summed E-state index contributed by atoms with van der Waals surface area (Å²) in [6, 6.07) is 7.85. The minimum absolute atomic E-state index is 0.0667. The Kier molecular flexibility index (Phi) is 8.67. The average Bonchev–Trinajstić information content (AvgIpc) is 2.66. The smallest absolute Gasteiger partial charge is 0.314 e. The SMILES string of the molecule is COCCCCCCc1ccc(OC(=O)C2CCC(C=O)CC2)cc1. The van der Waals surface area contributed by atoms with Crippen LogP contribution in [0.5, 0.6) is 5.75 Å². The number of aldehydes is 1. The van der Waals surface area contributed by atoms with Gasteiger partial charge in [-0.2, -0.15) is 0 Å². The number of methoxy groups -OCH3 is 1. The lowest BCUT2D eigenvalue weighted by molar-refractivity contribution is -0.140. The van der Waals surface area contributed by atoms with Crippen LogP contribution in [0.15, 0.2) is 24.3 Å². The molecule has 25 heavy (non-hydrogen) atoms. The number of unbranched alkanes of at least 4 members (excludes halogenated alkanes) is 3. The van der Waals surface area contributed by atoms with Crippen molar-refractivity contribution in [3.63, 3.8) is 0 Å². The van der Waals surface area contributed by atoms with Crippen LogP contribution in [0.25, 0.3) is 0 Å². The number of hydrogen-bond acceptors (Lipinski definition) is 4. The van der Waals surface area contributed by atoms with Crippen molar-refractivity contribution in [2.24, 2.45) is 11.8 Å². The van der Waals surface area contributed by atoms with Crippen molar-refractivity contribution in [1.82, 2.24) is 0 Å². The van der Waals surface area contributed by atoms with E-state index in [0.29, 0.717) is 5.75 Å². The maximum atomic E-state index is 12.2. The van der Waals surface area contributed by atoms with E-state index in [1.807, 2.05) is 24.3 Å². The number of ether oxygens (including phenoxy) is 2. The molecule has 0 aliphatic heterocycles. The molecule has 2 rings (SSSR count). The van der Waals surface area contributed by atoms with E-state index in [-0.39, 0.29) is 17.8 Å². The largest absolute Gasteiger partial charge is 0.426 e. The Morgan fingerprint density at radius 3 is 2.36 bits per heavy atom. The normalized spacial score (nSPS) is 20.2. The molecule has 0 atom stereocenters. The van der Waals surface area contributed by atoms with Gasteiger partial charge in [-0.15, -0.1) is 0 Å². The lowest BCUT2D eigenvalue weighted by Gasteiger charge is -2.23. The van der Waals surface area contributed by atoms with Gasteiger partial charge in [0.05, 0.1) is 5.92 Å². The number of esters is 1. The molecule has 1 fully saturated rings. The summed E-state index contributed by atoms with van der Waals surface area (Å²) in [5.74, 6) is 0.516. The summed E-state index contributed by atoms with van der Waals surface area (Å²) in [7, 11) is 1.74. The maximum Gasteiger partial charge on any atom is 0.314 e. The highest BCUT2D eigenvalue weighted by Crippen LogP contribution is 2.29. The molecule has 4 nitrogen and oxygen atoms in total. The zero-order valence-corrected chi connectivity index (χ0v) is 15.2. The number of carbonyl (C=O) groups is 2. The molecule has 1 aromatic rings. The monoisotopic (exact) mass is 346 g/mol. The summed E-state index contributed by atoms with van der Waals surface area (Å²) in [6.45, 7) is 0.844. The lowest BCUT2D eigenvalue weighted by atomic mass is 9.83. The van der Waals surface area contributed by atoms with Crippen molar-refractivity contribution < 1.29 is 19.1 Å². The number of carbonyl (C=O) groups excluding carboxylic acids is 2. The van der Waals surface area contributed by atoms with E-state index in [1.54, 1.807) is 7.11 Å². The van der Waals surface area contributed by atoms with Crippen LogP contribution < -0.4 is 4.74 Å². The topological polar surface area (TPSA) is 52.6 Å². The predicted octanol–water partition coefficient (Wildman–Crippen LogP) is 4.35. The Morgan fingerprint density at radius 1 is 1.04 bits per heavy atom. The number of benzene rings is 1. The molecule has 0 radical (unpaired) electrons. The Hall–Kier alpha value is -1.68. The Balaban J connectivity index is 1.69. The van der Waals surface area contributed by atoms with Gasteiger partial charge in [0, 0.05) is 19.6 Å². The fourth-order valence-electron chi connectivity index (χ4n) is 3.34. The summed E-state index contributed by atoms with van der Waals surface area (Å²) in [5.41, 5.74) is 1.28. The highest BCUT2D eigenvalue weighted by atomic mass is 16.5. The van der Waals surface area contributed by atoms with Crippen LogP contribution in [0, 0.1) is 11.8 Å². The summed E-state index contributed by atoms with van der Waals surface area (Å²) in [6.07, 6.45) is 9.88. The summed E-state index contributed by atoms with van der Waals surface area (Å²) >= 11 is 0. The molecule has 0 heterocycles. The van der Waals surface area contributed by atoms with E-state index in [2.05, 4.69) is 0 Å². The van der Waals surface area contributed by atoms with Gasteiger partial charge in [0.15, 0.2) is 0 Å². The van der Waals surface area contributed by atoms with E-state index in [0.717, 1.165) is 51.4 Å². The van der Waals surface area contributed by atoms with Crippen molar-refractivity contribution in [2.75, 3.05) is 13.7 Å². The first-order valence-electron chi connectivity index (χ1n) is 9.47. The molecule has 4 heteroatoms. The van der Waals surface area contributed by atoms with Crippen LogP contribution in [0.1, 0.15) is 56.9 Å². The molecule has 0 bridgehead atoms. The first-order valence-corrected chi connectivity index (χ1v) is 9.47. The van der Waals surface area contributed by atoms with Crippen LogP contribution in [-0.4, -0.2) is 26.0 Å². The highest BCUT2D eigenvalue weighted by molar-refractivity contribution is 5.75. The van der Waals surface area contributed by atoms with Crippen LogP contribution in [-0.2, 0) is 20.7 Å². The standard InChI is InChI=1S/C21H30O4/c1-24-15-5-3-2-4-6-17-9-13-20(14-10-17)25-21(23)19-11-7-18(16-22)8-12-19/h9-10,13-14,16,18-19H,2-8,11-12,15H2,1H3. The van der Waals surface area contributed by atoms with Crippen LogP contribution in [0.2, 0.25) is 0 Å². The summed E-state index contributed by atoms with van der Waals surface area (Å²) in [5, 5.41) is 0. The van der Waals surface area contributed by atoms with E-state index in [9.17, 15) is 9.59 Å². The molecule has 0 aromatic heterocycles. The van der Waals surface area contributed by atoms with Crippen LogP contribution in [0.4, 0.5) is 0 Å². The van der Waals surface area contributed by atoms with E-state index in [1.165, 1.54) is 24.8 Å². The highest BCUT2D eigenvalue weighted by Gasteiger charge is 2.27. The first kappa shape index (κ1) is 19.6. The maximum absolute atomic E-state index is 12.2. The summed E-state index contributed by atoms with van der Waals surface area (Å²) < 4.78 is 10.6. The van der Waals surface area contributed by atoms with Crippen LogP contribution >= 0.6 is 0 Å². The molecule has 138 valence electrons. The van der Waals surface area contributed by atoms with Crippen molar-refractivity contribution in [3.05, 3.63) is 29.8 Å². The molecule has 0 N–H and O–H groups in total. The van der Waals surface area contributed by atoms with Gasteiger partial charge in [-0.3, -0.25) is 4.79 Å². The molecule has 1 aliphatic carbocycles. The number of aryl methyl sites for hydroxylation is 1. The van der Waals surface area contributed by atoms with Gasteiger partial charge in [0.1, 0.15) is 12.0 Å². The fraction of sp³-hybridized carbons (Fsp3) is 0.619. The van der Waals surface area contributed by atoms with Crippen molar-refractivity contribution in [1.29, 1.82) is 0 Å². The second kappa shape index (κ2) is 11.0. The second-order valence-corrected chi connectivity index (χ2v) is 6.97. The Labute approximate surface area is 150 Å². The minimum atomic E-state index is -0.157.